The van der Waals surface area contributed by atoms with Gasteiger partial charge in [-0.05, 0) is 67.3 Å². The molecule has 1 aliphatic heterocycles. The number of rotatable bonds is 7. The second-order valence-electron chi connectivity index (χ2n) is 8.42. The van der Waals surface area contributed by atoms with Crippen molar-refractivity contribution in [3.8, 4) is 0 Å². The van der Waals surface area contributed by atoms with Crippen molar-refractivity contribution in [2.24, 2.45) is 5.73 Å². The fourth-order valence-electron chi connectivity index (χ4n) is 4.15. The first kappa shape index (κ1) is 24.9. The molecule has 2 aromatic heterocycles. The number of carboxylic acid groups (broad SMARTS) is 1. The average Bonchev–Trinajstić information content (AvgIpc) is 3.28. The molecule has 1 aromatic carbocycles. The highest BCUT2D eigenvalue weighted by Crippen LogP contribution is 2.30. The maximum absolute atomic E-state index is 13.2. The third-order valence-corrected chi connectivity index (χ3v) is 7.18. The standard InChI is InChI=1S/C27H27N5O3S/c1-5-21-22(6-2)36-27(29-21)31-25(33)19-9-7-8-17-12-13-32(14-20(17)19)23-11-10-18(15(3)16(4)28)24(30-23)26(34)35/h5-11H,1-2,12-14,28H2,3-4H3,(H,34,35)(H,29,31,33)/b16-15+. The molecule has 8 nitrogen and oxygen atoms in total. The quantitative estimate of drug-likeness (QED) is 0.414. The lowest BCUT2D eigenvalue weighted by molar-refractivity contribution is 0.0690. The molecule has 1 aliphatic rings. The molecule has 184 valence electrons. The van der Waals surface area contributed by atoms with Gasteiger partial charge in [0.25, 0.3) is 5.91 Å². The molecule has 0 fully saturated rings. The lowest BCUT2D eigenvalue weighted by atomic mass is 9.94. The molecule has 0 saturated carbocycles. The molecule has 0 atom stereocenters. The number of pyridine rings is 1. The van der Waals surface area contributed by atoms with E-state index in [4.69, 9.17) is 5.73 Å². The van der Waals surface area contributed by atoms with Crippen molar-refractivity contribution >= 4 is 51.9 Å². The van der Waals surface area contributed by atoms with Gasteiger partial charge < -0.3 is 15.7 Å². The minimum Gasteiger partial charge on any atom is -0.476 e. The lowest BCUT2D eigenvalue weighted by Gasteiger charge is -2.31. The van der Waals surface area contributed by atoms with Gasteiger partial charge in [0, 0.05) is 29.9 Å². The number of aromatic nitrogens is 2. The minimum absolute atomic E-state index is 0.0496. The molecule has 36 heavy (non-hydrogen) atoms. The first-order valence-corrected chi connectivity index (χ1v) is 12.2. The number of carbonyl (C=O) groups is 2. The Kier molecular flexibility index (Phi) is 7.03. The molecule has 0 spiro atoms. The third kappa shape index (κ3) is 4.78. The minimum atomic E-state index is -1.12. The number of fused-ring (bicyclic) bond motifs is 1. The van der Waals surface area contributed by atoms with E-state index < -0.39 is 5.97 Å². The highest BCUT2D eigenvalue weighted by atomic mass is 32.1. The van der Waals surface area contributed by atoms with Gasteiger partial charge in [0.15, 0.2) is 10.8 Å². The number of nitrogens with two attached hydrogens (primary N) is 1. The number of carbonyl (C=O) groups excluding carboxylic acids is 1. The molecule has 4 N–H and O–H groups in total. The topological polar surface area (TPSA) is 121 Å². The first-order chi connectivity index (χ1) is 17.2. The number of anilines is 2. The van der Waals surface area contributed by atoms with Crippen LogP contribution in [0.4, 0.5) is 10.9 Å². The second-order valence-corrected chi connectivity index (χ2v) is 9.46. The lowest BCUT2D eigenvalue weighted by Crippen LogP contribution is -2.33. The average molecular weight is 502 g/mol. The van der Waals surface area contributed by atoms with Gasteiger partial charge in [-0.15, -0.1) is 0 Å². The smallest absolute Gasteiger partial charge is 0.355 e. The van der Waals surface area contributed by atoms with Crippen LogP contribution in [0.2, 0.25) is 0 Å². The third-order valence-electron chi connectivity index (χ3n) is 6.20. The SMILES string of the molecule is C=Cc1nc(NC(=O)c2cccc3c2CN(c2ccc(/C(C)=C(\C)N)c(C(=O)O)n2)CC3)sc1C=C. The zero-order chi connectivity index (χ0) is 26.0. The molecule has 9 heteroatoms. The van der Waals surface area contributed by atoms with Crippen LogP contribution in [0.15, 0.2) is 49.2 Å². The predicted octanol–water partition coefficient (Wildman–Crippen LogP) is 5.05. The maximum Gasteiger partial charge on any atom is 0.355 e. The summed E-state index contributed by atoms with van der Waals surface area (Å²) in [5.74, 6) is -0.848. The molecule has 1 amide bonds. The van der Waals surface area contributed by atoms with Gasteiger partial charge in [0.05, 0.1) is 10.6 Å². The molecule has 3 heterocycles. The summed E-state index contributed by atoms with van der Waals surface area (Å²) >= 11 is 1.33. The van der Waals surface area contributed by atoms with Crippen LogP contribution < -0.4 is 16.0 Å². The molecule has 3 aromatic rings. The van der Waals surface area contributed by atoms with Crippen molar-refractivity contribution in [2.45, 2.75) is 26.8 Å². The summed E-state index contributed by atoms with van der Waals surface area (Å²) < 4.78 is 0. The summed E-state index contributed by atoms with van der Waals surface area (Å²) in [5, 5.41) is 13.1. The number of amides is 1. The highest BCUT2D eigenvalue weighted by molar-refractivity contribution is 7.16. The van der Waals surface area contributed by atoms with Gasteiger partial charge in [0.1, 0.15) is 5.82 Å². The van der Waals surface area contributed by atoms with Crippen LogP contribution in [0, 0.1) is 0 Å². The number of hydrogen-bond acceptors (Lipinski definition) is 7. The summed E-state index contributed by atoms with van der Waals surface area (Å²) in [6, 6.07) is 9.20. The van der Waals surface area contributed by atoms with Gasteiger partial charge in [-0.3, -0.25) is 10.1 Å². The number of hydrogen-bond donors (Lipinski definition) is 3. The number of nitrogens with zero attached hydrogens (tertiary/aromatic N) is 3. The Hall–Kier alpha value is -4.24. The fourth-order valence-corrected chi connectivity index (χ4v) is 4.96. The van der Waals surface area contributed by atoms with Gasteiger partial charge in [-0.1, -0.05) is 36.6 Å². The summed E-state index contributed by atoms with van der Waals surface area (Å²) in [6.45, 7) is 12.1. The highest BCUT2D eigenvalue weighted by Gasteiger charge is 2.25. The van der Waals surface area contributed by atoms with E-state index in [-0.39, 0.29) is 11.6 Å². The van der Waals surface area contributed by atoms with Crippen molar-refractivity contribution < 1.29 is 14.7 Å². The zero-order valence-electron chi connectivity index (χ0n) is 20.2. The Morgan fingerprint density at radius 1 is 1.14 bits per heavy atom. The van der Waals surface area contributed by atoms with Crippen LogP contribution in [0.25, 0.3) is 17.7 Å². The van der Waals surface area contributed by atoms with Crippen molar-refractivity contribution in [1.29, 1.82) is 0 Å². The maximum atomic E-state index is 13.2. The molecular formula is C27H27N5O3S. The fraction of sp³-hybridized carbons (Fsp3) is 0.185. The zero-order valence-corrected chi connectivity index (χ0v) is 21.0. The molecule has 0 saturated heterocycles. The van der Waals surface area contributed by atoms with E-state index in [9.17, 15) is 14.7 Å². The van der Waals surface area contributed by atoms with Crippen molar-refractivity contribution in [3.63, 3.8) is 0 Å². The first-order valence-electron chi connectivity index (χ1n) is 11.3. The van der Waals surface area contributed by atoms with Crippen molar-refractivity contribution in [2.75, 3.05) is 16.8 Å². The second kappa shape index (κ2) is 10.2. The Morgan fingerprint density at radius 2 is 1.92 bits per heavy atom. The van der Waals surface area contributed by atoms with Crippen molar-refractivity contribution in [3.05, 3.63) is 87.7 Å². The van der Waals surface area contributed by atoms with Crippen LogP contribution in [-0.2, 0) is 13.0 Å². The van der Waals surface area contributed by atoms with Crippen LogP contribution >= 0.6 is 11.3 Å². The number of carboxylic acids is 1. The molecular weight excluding hydrogens is 474 g/mol. The molecule has 4 rings (SSSR count). The molecule has 0 unspecified atom stereocenters. The van der Waals surface area contributed by atoms with E-state index in [1.54, 1.807) is 44.2 Å². The number of allylic oxidation sites excluding steroid dienone is 2. The largest absolute Gasteiger partial charge is 0.476 e. The normalized spacial score (nSPS) is 13.4. The van der Waals surface area contributed by atoms with Gasteiger partial charge >= 0.3 is 5.97 Å². The summed E-state index contributed by atoms with van der Waals surface area (Å²) in [7, 11) is 0. The van der Waals surface area contributed by atoms with E-state index in [0.717, 1.165) is 16.0 Å². The number of benzene rings is 1. The van der Waals surface area contributed by atoms with E-state index >= 15 is 0 Å². The van der Waals surface area contributed by atoms with E-state index in [1.165, 1.54) is 11.3 Å². The van der Waals surface area contributed by atoms with Gasteiger partial charge in [0.2, 0.25) is 0 Å². The predicted molar refractivity (Wildman–Crippen MR) is 145 cm³/mol. The number of aromatic carboxylic acids is 1. The van der Waals surface area contributed by atoms with E-state index in [0.29, 0.717) is 58.6 Å². The van der Waals surface area contributed by atoms with E-state index in [1.807, 2.05) is 17.0 Å². The Morgan fingerprint density at radius 3 is 2.56 bits per heavy atom. The number of nitrogens with one attached hydrogen (secondary N) is 1. The summed E-state index contributed by atoms with van der Waals surface area (Å²) in [5.41, 5.74) is 10.7. The van der Waals surface area contributed by atoms with Gasteiger partial charge in [-0.2, -0.15) is 0 Å². The Balaban J connectivity index is 1.64. The van der Waals surface area contributed by atoms with E-state index in [2.05, 4.69) is 28.4 Å². The van der Waals surface area contributed by atoms with Gasteiger partial charge in [-0.25, -0.2) is 14.8 Å². The van der Waals surface area contributed by atoms with Crippen LogP contribution in [-0.4, -0.2) is 33.5 Å². The van der Waals surface area contributed by atoms with Crippen molar-refractivity contribution in [1.82, 2.24) is 9.97 Å². The monoisotopic (exact) mass is 501 g/mol. The van der Waals surface area contributed by atoms with Crippen LogP contribution in [0.3, 0.4) is 0 Å². The summed E-state index contributed by atoms with van der Waals surface area (Å²) in [4.78, 5) is 36.9. The molecule has 0 bridgehead atoms. The number of thiazole rings is 1. The molecule has 0 radical (unpaired) electrons. The summed E-state index contributed by atoms with van der Waals surface area (Å²) in [6.07, 6.45) is 4.01. The van der Waals surface area contributed by atoms with Crippen LogP contribution in [0.1, 0.15) is 62.0 Å². The molecule has 0 aliphatic carbocycles. The van der Waals surface area contributed by atoms with Crippen LogP contribution in [0.5, 0.6) is 0 Å². The Labute approximate surface area is 213 Å². The Bertz CT molecular complexity index is 1390.